The fourth-order valence-electron chi connectivity index (χ4n) is 3.15. The molecule has 3 rings (SSSR count). The van der Waals surface area contributed by atoms with Gasteiger partial charge in [0.1, 0.15) is 18.2 Å². The lowest BCUT2D eigenvalue weighted by atomic mass is 9.99. The summed E-state index contributed by atoms with van der Waals surface area (Å²) in [6.45, 7) is 1.08. The number of ether oxygens (including phenoxy) is 1. The van der Waals surface area contributed by atoms with Crippen LogP contribution < -0.4 is 10.1 Å². The van der Waals surface area contributed by atoms with Crippen molar-refractivity contribution in [2.24, 2.45) is 5.92 Å². The second kappa shape index (κ2) is 9.69. The van der Waals surface area contributed by atoms with Gasteiger partial charge in [0.05, 0.1) is 17.4 Å². The van der Waals surface area contributed by atoms with Crippen molar-refractivity contribution < 1.29 is 22.3 Å². The number of nitrogens with one attached hydrogen (secondary N) is 1. The Bertz CT molecular complexity index is 936. The molecule has 1 unspecified atom stereocenters. The van der Waals surface area contributed by atoms with Crippen molar-refractivity contribution in [2.45, 2.75) is 17.7 Å². The minimum absolute atomic E-state index is 0.156. The molecule has 1 aliphatic rings. The van der Waals surface area contributed by atoms with E-state index in [1.54, 1.807) is 24.3 Å². The minimum atomic E-state index is -3.63. The Hall–Kier alpha value is -1.97. The number of piperidine rings is 1. The topological polar surface area (TPSA) is 75.7 Å². The van der Waals surface area contributed by atoms with Crippen molar-refractivity contribution in [3.8, 4) is 5.75 Å². The van der Waals surface area contributed by atoms with E-state index in [-0.39, 0.29) is 36.3 Å². The fraction of sp³-hybridized carbons (Fsp3) is 0.350. The van der Waals surface area contributed by atoms with Gasteiger partial charge in [-0.25, -0.2) is 12.8 Å². The molecular formula is C20H22BrFN2O4S. The van der Waals surface area contributed by atoms with Crippen LogP contribution in [0.2, 0.25) is 0 Å². The maximum atomic E-state index is 12.9. The molecule has 1 amide bonds. The highest BCUT2D eigenvalue weighted by molar-refractivity contribution is 9.10. The third-order valence-corrected chi connectivity index (χ3v) is 7.10. The zero-order valence-corrected chi connectivity index (χ0v) is 18.1. The SMILES string of the molecule is O=C(NCCOc1ccc(F)cc1)C1CCCN(S(=O)(=O)c2ccc(Br)cc2)C1. The standard InChI is InChI=1S/C20H22BrFN2O4S/c21-16-3-9-19(10-4-16)29(26,27)24-12-1-2-15(14-24)20(25)23-11-13-28-18-7-5-17(22)6-8-18/h3-10,15H,1-2,11-14H2,(H,23,25). The van der Waals surface area contributed by atoms with E-state index in [2.05, 4.69) is 21.2 Å². The van der Waals surface area contributed by atoms with Crippen molar-refractivity contribution in [3.63, 3.8) is 0 Å². The summed E-state index contributed by atoms with van der Waals surface area (Å²) in [7, 11) is -3.63. The lowest BCUT2D eigenvalue weighted by molar-refractivity contribution is -0.126. The average molecular weight is 485 g/mol. The third kappa shape index (κ3) is 5.77. The number of carbonyl (C=O) groups is 1. The van der Waals surface area contributed by atoms with Gasteiger partial charge in [-0.05, 0) is 61.4 Å². The van der Waals surface area contributed by atoms with E-state index in [9.17, 15) is 17.6 Å². The summed E-state index contributed by atoms with van der Waals surface area (Å²) >= 11 is 3.30. The van der Waals surface area contributed by atoms with Crippen molar-refractivity contribution in [3.05, 3.63) is 58.8 Å². The van der Waals surface area contributed by atoms with Crippen molar-refractivity contribution in [1.82, 2.24) is 9.62 Å². The smallest absolute Gasteiger partial charge is 0.243 e. The monoisotopic (exact) mass is 484 g/mol. The second-order valence-corrected chi connectivity index (χ2v) is 9.60. The van der Waals surface area contributed by atoms with Gasteiger partial charge >= 0.3 is 0 Å². The molecule has 1 atom stereocenters. The highest BCUT2D eigenvalue weighted by Crippen LogP contribution is 2.25. The van der Waals surface area contributed by atoms with E-state index < -0.39 is 15.9 Å². The summed E-state index contributed by atoms with van der Waals surface area (Å²) in [6, 6.07) is 12.1. The van der Waals surface area contributed by atoms with Crippen LogP contribution in [0.5, 0.6) is 5.75 Å². The molecule has 1 N–H and O–H groups in total. The normalized spacial score (nSPS) is 17.7. The summed E-state index contributed by atoms with van der Waals surface area (Å²) in [4.78, 5) is 12.7. The molecule has 1 aliphatic heterocycles. The Morgan fingerprint density at radius 3 is 2.55 bits per heavy atom. The van der Waals surface area contributed by atoms with Crippen molar-refractivity contribution >= 4 is 31.9 Å². The van der Waals surface area contributed by atoms with Crippen LogP contribution in [0.15, 0.2) is 57.9 Å². The summed E-state index contributed by atoms with van der Waals surface area (Å²) in [5, 5.41) is 2.79. The van der Waals surface area contributed by atoms with Gasteiger partial charge in [-0.2, -0.15) is 4.31 Å². The molecule has 29 heavy (non-hydrogen) atoms. The zero-order valence-electron chi connectivity index (χ0n) is 15.7. The van der Waals surface area contributed by atoms with Crippen molar-refractivity contribution in [1.29, 1.82) is 0 Å². The molecule has 0 aromatic heterocycles. The van der Waals surface area contributed by atoms with Crippen LogP contribution >= 0.6 is 15.9 Å². The van der Waals surface area contributed by atoms with E-state index >= 15 is 0 Å². The number of hydrogen-bond donors (Lipinski definition) is 1. The number of halogens is 2. The summed E-state index contributed by atoms with van der Waals surface area (Å²) in [5.74, 6) is -0.418. The van der Waals surface area contributed by atoms with Gasteiger partial charge in [0, 0.05) is 17.6 Å². The first-order chi connectivity index (χ1) is 13.9. The van der Waals surface area contributed by atoms with Gasteiger partial charge in [-0.15, -0.1) is 0 Å². The Morgan fingerprint density at radius 2 is 1.86 bits per heavy atom. The van der Waals surface area contributed by atoms with E-state index in [1.165, 1.54) is 28.6 Å². The maximum absolute atomic E-state index is 12.9. The van der Waals surface area contributed by atoms with E-state index in [0.717, 1.165) is 4.47 Å². The summed E-state index contributed by atoms with van der Waals surface area (Å²) in [5.41, 5.74) is 0. The first kappa shape index (κ1) is 21.7. The number of hydrogen-bond acceptors (Lipinski definition) is 4. The van der Waals surface area contributed by atoms with Gasteiger partial charge in [-0.1, -0.05) is 15.9 Å². The molecule has 0 saturated carbocycles. The summed E-state index contributed by atoms with van der Waals surface area (Å²) < 4.78 is 46.2. The number of carbonyl (C=O) groups excluding carboxylic acids is 1. The second-order valence-electron chi connectivity index (χ2n) is 6.75. The number of nitrogens with zero attached hydrogens (tertiary/aromatic N) is 1. The van der Waals surface area contributed by atoms with Gasteiger partial charge < -0.3 is 10.1 Å². The highest BCUT2D eigenvalue weighted by Gasteiger charge is 2.33. The molecule has 0 spiro atoms. The molecule has 2 aromatic rings. The molecule has 0 radical (unpaired) electrons. The van der Waals surface area contributed by atoms with Crippen LogP contribution in [0.1, 0.15) is 12.8 Å². The van der Waals surface area contributed by atoms with E-state index in [4.69, 9.17) is 4.74 Å². The molecule has 156 valence electrons. The predicted molar refractivity (Wildman–Crippen MR) is 111 cm³/mol. The van der Waals surface area contributed by atoms with Crippen LogP contribution in [-0.2, 0) is 14.8 Å². The molecule has 1 heterocycles. The number of benzene rings is 2. The van der Waals surface area contributed by atoms with Crippen molar-refractivity contribution in [2.75, 3.05) is 26.2 Å². The molecule has 2 aromatic carbocycles. The zero-order chi connectivity index (χ0) is 20.9. The molecule has 1 saturated heterocycles. The van der Waals surface area contributed by atoms with E-state index in [1.807, 2.05) is 0 Å². The molecule has 1 fully saturated rings. The fourth-order valence-corrected chi connectivity index (χ4v) is 4.94. The van der Waals surface area contributed by atoms with Crippen LogP contribution in [0.3, 0.4) is 0 Å². The van der Waals surface area contributed by atoms with Gasteiger partial charge in [0.25, 0.3) is 0 Å². The Morgan fingerprint density at radius 1 is 1.17 bits per heavy atom. The molecule has 6 nitrogen and oxygen atoms in total. The lowest BCUT2D eigenvalue weighted by Gasteiger charge is -2.31. The van der Waals surface area contributed by atoms with Crippen LogP contribution in [0.25, 0.3) is 0 Å². The summed E-state index contributed by atoms with van der Waals surface area (Å²) in [6.07, 6.45) is 1.26. The third-order valence-electron chi connectivity index (χ3n) is 4.69. The quantitative estimate of drug-likeness (QED) is 0.612. The maximum Gasteiger partial charge on any atom is 0.243 e. The first-order valence-corrected chi connectivity index (χ1v) is 11.5. The number of sulfonamides is 1. The number of rotatable bonds is 7. The molecule has 9 heteroatoms. The first-order valence-electron chi connectivity index (χ1n) is 9.28. The lowest BCUT2D eigenvalue weighted by Crippen LogP contribution is -2.45. The average Bonchev–Trinajstić information content (AvgIpc) is 2.73. The Balaban J connectivity index is 1.51. The molecule has 0 aliphatic carbocycles. The predicted octanol–water partition coefficient (Wildman–Crippen LogP) is 3.18. The van der Waals surface area contributed by atoms with E-state index in [0.29, 0.717) is 25.1 Å². The number of amides is 1. The Kier molecular flexibility index (Phi) is 7.26. The minimum Gasteiger partial charge on any atom is -0.492 e. The van der Waals surface area contributed by atoms with Gasteiger partial charge in [-0.3, -0.25) is 4.79 Å². The van der Waals surface area contributed by atoms with Crippen LogP contribution in [0, 0.1) is 11.7 Å². The Labute approximate surface area is 178 Å². The van der Waals surface area contributed by atoms with Gasteiger partial charge in [0.2, 0.25) is 15.9 Å². The highest BCUT2D eigenvalue weighted by atomic mass is 79.9. The molecular weight excluding hydrogens is 463 g/mol. The van der Waals surface area contributed by atoms with Crippen LogP contribution in [-0.4, -0.2) is 44.9 Å². The molecule has 0 bridgehead atoms. The van der Waals surface area contributed by atoms with Gasteiger partial charge in [0.15, 0.2) is 0 Å². The largest absolute Gasteiger partial charge is 0.492 e. The van der Waals surface area contributed by atoms with Crippen LogP contribution in [0.4, 0.5) is 4.39 Å².